The molecule has 3 rings (SSSR count). The Hall–Kier alpha value is -4.40. The third-order valence-corrected chi connectivity index (χ3v) is 5.10. The molecule has 1 aromatic heterocycles. The van der Waals surface area contributed by atoms with E-state index in [-0.39, 0.29) is 39.6 Å². The van der Waals surface area contributed by atoms with Gasteiger partial charge in [0.25, 0.3) is 11.8 Å². The first-order valence-electron chi connectivity index (χ1n) is 10.9. The number of carbonyl (C=O) groups is 3. The first-order chi connectivity index (χ1) is 16.4. The van der Waals surface area contributed by atoms with Gasteiger partial charge in [-0.3, -0.25) is 15.0 Å². The number of nitrogens with one attached hydrogen (secondary N) is 3. The second-order valence-electron chi connectivity index (χ2n) is 9.35. The number of nitrogens with two attached hydrogens (primary N) is 1. The van der Waals surface area contributed by atoms with Gasteiger partial charge in [-0.2, -0.15) is 0 Å². The van der Waals surface area contributed by atoms with Crippen LogP contribution in [0.25, 0.3) is 11.1 Å². The van der Waals surface area contributed by atoms with Gasteiger partial charge < -0.3 is 25.9 Å². The van der Waals surface area contributed by atoms with E-state index in [9.17, 15) is 19.5 Å². The van der Waals surface area contributed by atoms with Crippen molar-refractivity contribution in [3.63, 3.8) is 0 Å². The van der Waals surface area contributed by atoms with Gasteiger partial charge in [0.05, 0.1) is 5.56 Å². The molecule has 0 atom stereocenters. The van der Waals surface area contributed by atoms with E-state index in [1.165, 1.54) is 18.2 Å². The quantitative estimate of drug-likeness (QED) is 0.253. The summed E-state index contributed by atoms with van der Waals surface area (Å²) < 4.78 is 5.62. The van der Waals surface area contributed by atoms with Crippen molar-refractivity contribution >= 4 is 29.3 Å². The standard InChI is InChI=1S/C26H28N4O5/c1-14-11-19(21(35-14)24(32)30-17-8-5-15(6-9-17)22(27)28)18-10-7-16(12-20(18)25(33)34)23(31)29-13-26(2,3)4/h5-12H,13H2,1-4H3,(H3,27,28)(H,29,31)(H,30,32)(H,33,34). The van der Waals surface area contributed by atoms with Crippen LogP contribution in [-0.2, 0) is 0 Å². The Bertz CT molecular complexity index is 1300. The number of anilines is 1. The van der Waals surface area contributed by atoms with E-state index in [0.717, 1.165) is 0 Å². The Morgan fingerprint density at radius 2 is 1.60 bits per heavy atom. The highest BCUT2D eigenvalue weighted by molar-refractivity contribution is 6.09. The highest BCUT2D eigenvalue weighted by atomic mass is 16.4. The number of hydrogen-bond acceptors (Lipinski definition) is 5. The number of carboxylic acids is 1. The molecule has 2 aromatic carbocycles. The van der Waals surface area contributed by atoms with Crippen LogP contribution in [0.15, 0.2) is 52.9 Å². The third-order valence-electron chi connectivity index (χ3n) is 5.10. The lowest BCUT2D eigenvalue weighted by Gasteiger charge is -2.19. The largest absolute Gasteiger partial charge is 0.478 e. The molecule has 0 radical (unpaired) electrons. The number of aryl methyl sites for hydroxylation is 1. The van der Waals surface area contributed by atoms with Crippen LogP contribution in [0.1, 0.15) is 63.4 Å². The van der Waals surface area contributed by atoms with Crippen LogP contribution in [0.2, 0.25) is 0 Å². The lowest BCUT2D eigenvalue weighted by molar-refractivity contribution is 0.0697. The van der Waals surface area contributed by atoms with Crippen LogP contribution < -0.4 is 16.4 Å². The molecule has 0 unspecified atom stereocenters. The molecule has 0 fully saturated rings. The van der Waals surface area contributed by atoms with Crippen molar-refractivity contribution in [3.8, 4) is 11.1 Å². The van der Waals surface area contributed by atoms with Crippen molar-refractivity contribution in [1.82, 2.24) is 5.32 Å². The predicted octanol–water partition coefficient (Wildman–Crippen LogP) is 4.27. The van der Waals surface area contributed by atoms with Gasteiger partial charge in [-0.15, -0.1) is 0 Å². The van der Waals surface area contributed by atoms with Crippen molar-refractivity contribution in [2.45, 2.75) is 27.7 Å². The molecule has 6 N–H and O–H groups in total. The first kappa shape index (κ1) is 25.2. The SMILES string of the molecule is Cc1cc(-c2ccc(C(=O)NCC(C)(C)C)cc2C(=O)O)c(C(=O)Nc2ccc(C(=N)N)cc2)o1. The number of hydrogen-bond donors (Lipinski definition) is 5. The average molecular weight is 477 g/mol. The highest BCUT2D eigenvalue weighted by Crippen LogP contribution is 2.32. The number of carbonyl (C=O) groups excluding carboxylic acids is 2. The molecule has 0 aliphatic heterocycles. The zero-order valence-electron chi connectivity index (χ0n) is 20.0. The Balaban J connectivity index is 1.93. The predicted molar refractivity (Wildman–Crippen MR) is 133 cm³/mol. The molecule has 3 aromatic rings. The Morgan fingerprint density at radius 1 is 0.971 bits per heavy atom. The van der Waals surface area contributed by atoms with Crippen molar-refractivity contribution in [3.05, 3.63) is 76.7 Å². The van der Waals surface area contributed by atoms with Crippen molar-refractivity contribution < 1.29 is 23.9 Å². The van der Waals surface area contributed by atoms with Crippen molar-refractivity contribution in [2.75, 3.05) is 11.9 Å². The molecule has 35 heavy (non-hydrogen) atoms. The molecule has 0 saturated carbocycles. The summed E-state index contributed by atoms with van der Waals surface area (Å²) in [6.07, 6.45) is 0. The summed E-state index contributed by atoms with van der Waals surface area (Å²) in [6, 6.07) is 12.3. The molecule has 0 aliphatic rings. The molecule has 9 heteroatoms. The van der Waals surface area contributed by atoms with Gasteiger partial charge >= 0.3 is 5.97 Å². The van der Waals surface area contributed by atoms with Crippen LogP contribution in [0, 0.1) is 17.7 Å². The summed E-state index contributed by atoms with van der Waals surface area (Å²) >= 11 is 0. The molecule has 0 saturated heterocycles. The minimum absolute atomic E-state index is 0.0643. The van der Waals surface area contributed by atoms with Crippen molar-refractivity contribution in [2.24, 2.45) is 11.1 Å². The van der Waals surface area contributed by atoms with E-state index in [0.29, 0.717) is 29.1 Å². The molecule has 182 valence electrons. The van der Waals surface area contributed by atoms with Crippen LogP contribution in [-0.4, -0.2) is 35.3 Å². The van der Waals surface area contributed by atoms with Crippen LogP contribution >= 0.6 is 0 Å². The van der Waals surface area contributed by atoms with Crippen LogP contribution in [0.4, 0.5) is 5.69 Å². The lowest BCUT2D eigenvalue weighted by Crippen LogP contribution is -2.32. The fourth-order valence-electron chi connectivity index (χ4n) is 3.35. The number of aromatic carboxylic acids is 1. The summed E-state index contributed by atoms with van der Waals surface area (Å²) in [5.41, 5.74) is 6.89. The minimum atomic E-state index is -1.24. The summed E-state index contributed by atoms with van der Waals surface area (Å²) in [5.74, 6) is -1.94. The second-order valence-corrected chi connectivity index (χ2v) is 9.35. The summed E-state index contributed by atoms with van der Waals surface area (Å²) in [7, 11) is 0. The van der Waals surface area contributed by atoms with Gasteiger partial charge in [-0.1, -0.05) is 26.8 Å². The van der Waals surface area contributed by atoms with Crippen LogP contribution in [0.5, 0.6) is 0 Å². The molecular weight excluding hydrogens is 448 g/mol. The fourth-order valence-corrected chi connectivity index (χ4v) is 3.35. The third kappa shape index (κ3) is 6.14. The first-order valence-corrected chi connectivity index (χ1v) is 10.9. The molecule has 2 amide bonds. The Morgan fingerprint density at radius 3 is 2.17 bits per heavy atom. The Labute approximate surface area is 202 Å². The van der Waals surface area contributed by atoms with Gasteiger partial charge in [0.1, 0.15) is 11.6 Å². The number of amides is 2. The fraction of sp³-hybridized carbons (Fsp3) is 0.231. The highest BCUT2D eigenvalue weighted by Gasteiger charge is 2.24. The molecule has 9 nitrogen and oxygen atoms in total. The maximum absolute atomic E-state index is 13.0. The summed E-state index contributed by atoms with van der Waals surface area (Å²) in [6.45, 7) is 8.00. The van der Waals surface area contributed by atoms with Gasteiger partial charge in [0.15, 0.2) is 5.76 Å². The van der Waals surface area contributed by atoms with E-state index in [1.54, 1.807) is 37.3 Å². The molecule has 0 spiro atoms. The molecule has 0 aliphatic carbocycles. The number of amidine groups is 1. The number of benzene rings is 2. The van der Waals surface area contributed by atoms with E-state index < -0.39 is 11.9 Å². The van der Waals surface area contributed by atoms with E-state index >= 15 is 0 Å². The maximum atomic E-state index is 13.0. The molecule has 1 heterocycles. The summed E-state index contributed by atoms with van der Waals surface area (Å²) in [5, 5.41) is 22.8. The number of nitrogen functional groups attached to an aromatic ring is 1. The smallest absolute Gasteiger partial charge is 0.336 e. The van der Waals surface area contributed by atoms with Gasteiger partial charge in [0.2, 0.25) is 0 Å². The van der Waals surface area contributed by atoms with E-state index in [2.05, 4.69) is 10.6 Å². The van der Waals surface area contributed by atoms with E-state index in [4.69, 9.17) is 15.6 Å². The number of carboxylic acid groups (broad SMARTS) is 1. The van der Waals surface area contributed by atoms with Gasteiger partial charge in [0, 0.05) is 34.5 Å². The second kappa shape index (κ2) is 9.84. The van der Waals surface area contributed by atoms with Gasteiger partial charge in [-0.05, 0) is 54.8 Å². The topological polar surface area (TPSA) is 159 Å². The minimum Gasteiger partial charge on any atom is -0.478 e. The number of rotatable bonds is 7. The summed E-state index contributed by atoms with van der Waals surface area (Å²) in [4.78, 5) is 37.6. The maximum Gasteiger partial charge on any atom is 0.336 e. The van der Waals surface area contributed by atoms with E-state index in [1.807, 2.05) is 20.8 Å². The lowest BCUT2D eigenvalue weighted by atomic mass is 9.95. The van der Waals surface area contributed by atoms with Gasteiger partial charge in [-0.25, -0.2) is 4.79 Å². The zero-order valence-corrected chi connectivity index (χ0v) is 20.0. The normalized spacial score (nSPS) is 11.1. The zero-order chi connectivity index (χ0) is 25.9. The average Bonchev–Trinajstić information content (AvgIpc) is 3.18. The number of furan rings is 1. The molecular formula is C26H28N4O5. The monoisotopic (exact) mass is 476 g/mol. The Kier molecular flexibility index (Phi) is 7.09. The van der Waals surface area contributed by atoms with Crippen molar-refractivity contribution in [1.29, 1.82) is 5.41 Å². The van der Waals surface area contributed by atoms with Crippen LogP contribution in [0.3, 0.4) is 0 Å². The molecule has 0 bridgehead atoms.